The molecule has 1 saturated carbocycles. The Morgan fingerprint density at radius 2 is 1.85 bits per heavy atom. The Labute approximate surface area is 120 Å². The lowest BCUT2D eigenvalue weighted by molar-refractivity contribution is -0.130. The Morgan fingerprint density at radius 1 is 1.20 bits per heavy atom. The molecule has 7 heteroatoms. The summed E-state index contributed by atoms with van der Waals surface area (Å²) in [6, 6.07) is 0.214. The van der Waals surface area contributed by atoms with E-state index in [9.17, 15) is 18.3 Å². The molecule has 1 saturated heterocycles. The molecule has 0 radical (unpaired) electrons. The van der Waals surface area contributed by atoms with Crippen LogP contribution in [-0.4, -0.2) is 79.1 Å². The normalized spacial score (nSPS) is 28.8. The van der Waals surface area contributed by atoms with E-state index in [0.29, 0.717) is 13.1 Å². The van der Waals surface area contributed by atoms with Crippen LogP contribution in [0.3, 0.4) is 0 Å². The molecule has 1 heterocycles. The average Bonchev–Trinajstić information content (AvgIpc) is 2.85. The van der Waals surface area contributed by atoms with Crippen LogP contribution < -0.4 is 0 Å². The third-order valence-electron chi connectivity index (χ3n) is 4.36. The van der Waals surface area contributed by atoms with Crippen LogP contribution in [0, 0.1) is 0 Å². The molecule has 1 amide bonds. The summed E-state index contributed by atoms with van der Waals surface area (Å²) in [6.45, 7) is 4.11. The van der Waals surface area contributed by atoms with Crippen molar-refractivity contribution < 1.29 is 18.3 Å². The van der Waals surface area contributed by atoms with Crippen LogP contribution in [0.25, 0.3) is 0 Å². The first-order valence-electron chi connectivity index (χ1n) is 7.33. The number of amides is 1. The first kappa shape index (κ1) is 15.7. The molecular weight excluding hydrogens is 280 g/mol. The van der Waals surface area contributed by atoms with E-state index in [1.165, 1.54) is 0 Å². The molecular formula is C13H24N2O4S. The van der Waals surface area contributed by atoms with Gasteiger partial charge in [0, 0.05) is 38.0 Å². The number of carbonyl (C=O) groups excluding carboxylic acids is 1. The summed E-state index contributed by atoms with van der Waals surface area (Å²) in [5, 5.41) is 9.90. The second-order valence-electron chi connectivity index (χ2n) is 5.66. The van der Waals surface area contributed by atoms with Gasteiger partial charge in [-0.2, -0.15) is 0 Å². The monoisotopic (exact) mass is 304 g/mol. The van der Waals surface area contributed by atoms with E-state index in [-0.39, 0.29) is 29.6 Å². The predicted octanol–water partition coefficient (Wildman–Crippen LogP) is -0.521. The fourth-order valence-electron chi connectivity index (χ4n) is 3.03. The van der Waals surface area contributed by atoms with Crippen molar-refractivity contribution in [3.05, 3.63) is 0 Å². The minimum Gasteiger partial charge on any atom is -0.391 e. The summed E-state index contributed by atoms with van der Waals surface area (Å²) < 4.78 is 23.0. The second kappa shape index (κ2) is 6.41. The molecule has 0 aromatic carbocycles. The third kappa shape index (κ3) is 3.71. The highest BCUT2D eigenvalue weighted by atomic mass is 32.2. The van der Waals surface area contributed by atoms with Gasteiger partial charge in [-0.05, 0) is 19.3 Å². The number of sulfone groups is 1. The number of hydrogen-bond acceptors (Lipinski definition) is 5. The number of carbonyl (C=O) groups is 1. The quantitative estimate of drug-likeness (QED) is 0.756. The minimum absolute atomic E-state index is 0.00692. The summed E-state index contributed by atoms with van der Waals surface area (Å²) in [4.78, 5) is 15.8. The molecule has 1 N–H and O–H groups in total. The van der Waals surface area contributed by atoms with Gasteiger partial charge in [0.05, 0.1) is 6.10 Å². The van der Waals surface area contributed by atoms with Gasteiger partial charge in [0.1, 0.15) is 5.75 Å². The SMILES string of the molecule is CCS(=O)(=O)CC(=O)N1CCN(C2CCCC2O)CC1. The highest BCUT2D eigenvalue weighted by Gasteiger charge is 2.33. The van der Waals surface area contributed by atoms with Crippen molar-refractivity contribution >= 4 is 15.7 Å². The van der Waals surface area contributed by atoms with E-state index >= 15 is 0 Å². The molecule has 116 valence electrons. The summed E-state index contributed by atoms with van der Waals surface area (Å²) >= 11 is 0. The Balaban J connectivity index is 1.83. The highest BCUT2D eigenvalue weighted by Crippen LogP contribution is 2.25. The summed E-state index contributed by atoms with van der Waals surface area (Å²) in [5.74, 6) is -0.666. The number of piperazine rings is 1. The molecule has 2 rings (SSSR count). The van der Waals surface area contributed by atoms with Gasteiger partial charge in [-0.25, -0.2) is 8.42 Å². The van der Waals surface area contributed by atoms with Gasteiger partial charge >= 0.3 is 0 Å². The Morgan fingerprint density at radius 3 is 2.35 bits per heavy atom. The van der Waals surface area contributed by atoms with Gasteiger partial charge in [-0.1, -0.05) is 6.92 Å². The molecule has 20 heavy (non-hydrogen) atoms. The maximum Gasteiger partial charge on any atom is 0.237 e. The number of aliphatic hydroxyl groups is 1. The zero-order valence-corrected chi connectivity index (χ0v) is 12.8. The lowest BCUT2D eigenvalue weighted by Crippen LogP contribution is -2.54. The largest absolute Gasteiger partial charge is 0.391 e. The Kier molecular flexibility index (Phi) is 5.04. The first-order chi connectivity index (χ1) is 9.43. The second-order valence-corrected chi connectivity index (χ2v) is 8.01. The van der Waals surface area contributed by atoms with Gasteiger partial charge in [-0.15, -0.1) is 0 Å². The lowest BCUT2D eigenvalue weighted by Gasteiger charge is -2.39. The molecule has 1 aliphatic heterocycles. The highest BCUT2D eigenvalue weighted by molar-refractivity contribution is 7.92. The van der Waals surface area contributed by atoms with Crippen LogP contribution in [-0.2, 0) is 14.6 Å². The van der Waals surface area contributed by atoms with Gasteiger partial charge in [0.2, 0.25) is 5.91 Å². The Bertz CT molecular complexity index is 443. The van der Waals surface area contributed by atoms with Crippen LogP contribution in [0.1, 0.15) is 26.2 Å². The molecule has 1 aliphatic carbocycles. The zero-order valence-electron chi connectivity index (χ0n) is 12.0. The van der Waals surface area contributed by atoms with E-state index in [0.717, 1.165) is 32.4 Å². The molecule has 2 aliphatic rings. The maximum absolute atomic E-state index is 11.9. The van der Waals surface area contributed by atoms with Crippen LogP contribution >= 0.6 is 0 Å². The molecule has 2 unspecified atom stereocenters. The lowest BCUT2D eigenvalue weighted by atomic mass is 10.1. The minimum atomic E-state index is -3.25. The van der Waals surface area contributed by atoms with Gasteiger partial charge < -0.3 is 10.0 Å². The molecule has 2 fully saturated rings. The number of rotatable bonds is 4. The molecule has 0 aromatic rings. The topological polar surface area (TPSA) is 77.9 Å². The van der Waals surface area contributed by atoms with E-state index in [1.54, 1.807) is 11.8 Å². The molecule has 6 nitrogen and oxygen atoms in total. The fraction of sp³-hybridized carbons (Fsp3) is 0.923. The maximum atomic E-state index is 11.9. The average molecular weight is 304 g/mol. The smallest absolute Gasteiger partial charge is 0.237 e. The van der Waals surface area contributed by atoms with Crippen LogP contribution in [0.2, 0.25) is 0 Å². The summed E-state index contributed by atoms with van der Waals surface area (Å²) in [6.07, 6.45) is 2.68. The van der Waals surface area contributed by atoms with Gasteiger partial charge in [0.15, 0.2) is 9.84 Å². The predicted molar refractivity (Wildman–Crippen MR) is 76.1 cm³/mol. The molecule has 0 aromatic heterocycles. The van der Waals surface area contributed by atoms with Crippen LogP contribution in [0.5, 0.6) is 0 Å². The molecule has 0 bridgehead atoms. The van der Waals surface area contributed by atoms with Crippen LogP contribution in [0.15, 0.2) is 0 Å². The van der Waals surface area contributed by atoms with E-state index in [2.05, 4.69) is 4.90 Å². The van der Waals surface area contributed by atoms with E-state index < -0.39 is 9.84 Å². The van der Waals surface area contributed by atoms with Gasteiger partial charge in [0.25, 0.3) is 0 Å². The van der Waals surface area contributed by atoms with E-state index in [1.807, 2.05) is 0 Å². The zero-order chi connectivity index (χ0) is 14.8. The number of nitrogens with zero attached hydrogens (tertiary/aromatic N) is 2. The van der Waals surface area contributed by atoms with Gasteiger partial charge in [-0.3, -0.25) is 9.69 Å². The van der Waals surface area contributed by atoms with Crippen molar-refractivity contribution in [2.24, 2.45) is 0 Å². The van der Waals surface area contributed by atoms with E-state index in [4.69, 9.17) is 0 Å². The molecule has 0 spiro atoms. The third-order valence-corrected chi connectivity index (χ3v) is 5.93. The van der Waals surface area contributed by atoms with Crippen molar-refractivity contribution in [1.29, 1.82) is 0 Å². The summed E-state index contributed by atoms with van der Waals surface area (Å²) in [5.41, 5.74) is 0. The van der Waals surface area contributed by atoms with Crippen LogP contribution in [0.4, 0.5) is 0 Å². The van der Waals surface area contributed by atoms with Crippen molar-refractivity contribution in [2.45, 2.75) is 38.3 Å². The number of hydrogen-bond donors (Lipinski definition) is 1. The fourth-order valence-corrected chi connectivity index (χ4v) is 3.79. The first-order valence-corrected chi connectivity index (χ1v) is 9.15. The molecule has 2 atom stereocenters. The van der Waals surface area contributed by atoms with Crippen molar-refractivity contribution in [2.75, 3.05) is 37.7 Å². The van der Waals surface area contributed by atoms with Crippen molar-refractivity contribution in [1.82, 2.24) is 9.80 Å². The summed E-state index contributed by atoms with van der Waals surface area (Å²) in [7, 11) is -3.25. The Hall–Kier alpha value is -0.660. The van der Waals surface area contributed by atoms with Crippen molar-refractivity contribution in [3.8, 4) is 0 Å². The van der Waals surface area contributed by atoms with Crippen molar-refractivity contribution in [3.63, 3.8) is 0 Å². The standard InChI is InChI=1S/C13H24N2O4S/c1-2-20(18,19)10-13(17)15-8-6-14(7-9-15)11-4-3-5-12(11)16/h11-12,16H,2-10H2,1H3. The number of aliphatic hydroxyl groups excluding tert-OH is 1.